The molecule has 0 unspecified atom stereocenters. The third-order valence-corrected chi connectivity index (χ3v) is 3.54. The van der Waals surface area contributed by atoms with Gasteiger partial charge in [0.15, 0.2) is 0 Å². The maximum absolute atomic E-state index is 10.4. The molecule has 1 N–H and O–H groups in total. The first-order valence-electron chi connectivity index (χ1n) is 5.03. The quantitative estimate of drug-likeness (QED) is 0.554. The molecule has 13 heavy (non-hydrogen) atoms. The summed E-state index contributed by atoms with van der Waals surface area (Å²) in [5.74, 6) is 0.751. The summed E-state index contributed by atoms with van der Waals surface area (Å²) >= 11 is 0. The second kappa shape index (κ2) is 4.96. The first-order valence-corrected chi connectivity index (χ1v) is 6.64. The van der Waals surface area contributed by atoms with Gasteiger partial charge in [-0.25, -0.2) is 0 Å². The zero-order chi connectivity index (χ0) is 9.73. The Kier molecular flexibility index (Phi) is 4.19. The lowest BCUT2D eigenvalue weighted by Gasteiger charge is -2.06. The molecule has 0 aromatic heterocycles. The average molecular weight is 206 g/mol. The normalized spacial score (nSPS) is 19.5. The predicted molar refractivity (Wildman–Crippen MR) is 52.2 cm³/mol. The van der Waals surface area contributed by atoms with Crippen LogP contribution >= 0.6 is 0 Å². The van der Waals surface area contributed by atoms with Crippen molar-refractivity contribution in [3.63, 3.8) is 0 Å². The lowest BCUT2D eigenvalue weighted by Crippen LogP contribution is -2.04. The molecule has 1 saturated carbocycles. The van der Waals surface area contributed by atoms with E-state index in [9.17, 15) is 8.42 Å². The molecule has 0 aromatic rings. The van der Waals surface area contributed by atoms with Crippen molar-refractivity contribution in [3.8, 4) is 0 Å². The van der Waals surface area contributed by atoms with Gasteiger partial charge in [-0.2, -0.15) is 8.42 Å². The maximum atomic E-state index is 10.4. The van der Waals surface area contributed by atoms with Crippen LogP contribution in [0, 0.1) is 5.92 Å². The van der Waals surface area contributed by atoms with Crippen molar-refractivity contribution >= 4 is 10.1 Å². The summed E-state index contributed by atoms with van der Waals surface area (Å²) in [5.41, 5.74) is 0. The first-order chi connectivity index (χ1) is 6.08. The molecule has 1 rings (SSSR count). The van der Waals surface area contributed by atoms with Gasteiger partial charge in [0.05, 0.1) is 5.75 Å². The molecule has 1 fully saturated rings. The highest BCUT2D eigenvalue weighted by molar-refractivity contribution is 7.85. The lowest BCUT2D eigenvalue weighted by atomic mass is 10.0. The van der Waals surface area contributed by atoms with Crippen molar-refractivity contribution < 1.29 is 13.0 Å². The molecular weight excluding hydrogens is 188 g/mol. The summed E-state index contributed by atoms with van der Waals surface area (Å²) in [7, 11) is -3.72. The van der Waals surface area contributed by atoms with Crippen LogP contribution in [0.1, 0.15) is 44.9 Å². The van der Waals surface area contributed by atoms with Gasteiger partial charge in [-0.1, -0.05) is 38.5 Å². The molecule has 1 aliphatic carbocycles. The molecular formula is C9H18O3S. The molecule has 0 bridgehead atoms. The zero-order valence-corrected chi connectivity index (χ0v) is 8.72. The van der Waals surface area contributed by atoms with E-state index in [-0.39, 0.29) is 5.75 Å². The highest BCUT2D eigenvalue weighted by Gasteiger charge is 2.14. The van der Waals surface area contributed by atoms with Gasteiger partial charge in [0.2, 0.25) is 0 Å². The van der Waals surface area contributed by atoms with Gasteiger partial charge >= 0.3 is 0 Å². The van der Waals surface area contributed by atoms with Crippen molar-refractivity contribution in [2.75, 3.05) is 5.75 Å². The van der Waals surface area contributed by atoms with E-state index in [1.165, 1.54) is 25.7 Å². The molecule has 0 spiro atoms. The van der Waals surface area contributed by atoms with Crippen molar-refractivity contribution in [1.82, 2.24) is 0 Å². The molecule has 0 aliphatic heterocycles. The Morgan fingerprint density at radius 2 is 1.77 bits per heavy atom. The van der Waals surface area contributed by atoms with E-state index in [1.807, 2.05) is 0 Å². The number of hydrogen-bond acceptors (Lipinski definition) is 2. The summed E-state index contributed by atoms with van der Waals surface area (Å²) in [6.07, 6.45) is 7.97. The Morgan fingerprint density at radius 3 is 2.31 bits per heavy atom. The Morgan fingerprint density at radius 1 is 1.15 bits per heavy atom. The molecule has 0 heterocycles. The van der Waals surface area contributed by atoms with Crippen LogP contribution in [-0.2, 0) is 10.1 Å². The Balaban J connectivity index is 2.01. The van der Waals surface area contributed by atoms with Crippen molar-refractivity contribution in [1.29, 1.82) is 0 Å². The fraction of sp³-hybridized carbons (Fsp3) is 1.00. The van der Waals surface area contributed by atoms with Crippen molar-refractivity contribution in [2.24, 2.45) is 5.92 Å². The SMILES string of the molecule is O=S(=O)(O)CCCCC1CCCC1. The summed E-state index contributed by atoms with van der Waals surface area (Å²) in [4.78, 5) is 0. The van der Waals surface area contributed by atoms with Crippen LogP contribution in [0.25, 0.3) is 0 Å². The minimum absolute atomic E-state index is 0.0697. The fourth-order valence-electron chi connectivity index (χ4n) is 2.02. The first kappa shape index (κ1) is 11.0. The summed E-state index contributed by atoms with van der Waals surface area (Å²) in [6, 6.07) is 0. The number of unbranched alkanes of at least 4 members (excludes halogenated alkanes) is 1. The average Bonchev–Trinajstić information content (AvgIpc) is 2.48. The van der Waals surface area contributed by atoms with Crippen LogP contribution in [0.4, 0.5) is 0 Å². The Bertz CT molecular complexity index is 227. The van der Waals surface area contributed by atoms with Gasteiger partial charge in [0.25, 0.3) is 10.1 Å². The predicted octanol–water partition coefficient (Wildman–Crippen LogP) is 2.23. The highest BCUT2D eigenvalue weighted by Crippen LogP contribution is 2.28. The van der Waals surface area contributed by atoms with Crippen LogP contribution in [0.2, 0.25) is 0 Å². The lowest BCUT2D eigenvalue weighted by molar-refractivity contribution is 0.462. The van der Waals surface area contributed by atoms with Gasteiger partial charge in [0.1, 0.15) is 0 Å². The van der Waals surface area contributed by atoms with E-state index >= 15 is 0 Å². The molecule has 0 atom stereocenters. The monoisotopic (exact) mass is 206 g/mol. The van der Waals surface area contributed by atoms with Crippen LogP contribution in [0.15, 0.2) is 0 Å². The molecule has 0 amide bonds. The van der Waals surface area contributed by atoms with Crippen molar-refractivity contribution in [2.45, 2.75) is 44.9 Å². The van der Waals surface area contributed by atoms with E-state index in [0.717, 1.165) is 18.8 Å². The van der Waals surface area contributed by atoms with Gasteiger partial charge < -0.3 is 0 Å². The van der Waals surface area contributed by atoms with Gasteiger partial charge in [-0.3, -0.25) is 4.55 Å². The minimum Gasteiger partial charge on any atom is -0.286 e. The second-order valence-electron chi connectivity index (χ2n) is 3.93. The summed E-state index contributed by atoms with van der Waals surface area (Å²) in [6.45, 7) is 0. The third kappa shape index (κ3) is 5.26. The van der Waals surface area contributed by atoms with E-state index in [4.69, 9.17) is 4.55 Å². The maximum Gasteiger partial charge on any atom is 0.264 e. The Hall–Kier alpha value is -0.0900. The van der Waals surface area contributed by atoms with Gasteiger partial charge in [0, 0.05) is 0 Å². The Labute approximate surface area is 80.3 Å². The van der Waals surface area contributed by atoms with Crippen LogP contribution < -0.4 is 0 Å². The van der Waals surface area contributed by atoms with Gasteiger partial charge in [-0.05, 0) is 12.3 Å². The smallest absolute Gasteiger partial charge is 0.264 e. The van der Waals surface area contributed by atoms with Gasteiger partial charge in [-0.15, -0.1) is 0 Å². The van der Waals surface area contributed by atoms with E-state index in [1.54, 1.807) is 0 Å². The van der Waals surface area contributed by atoms with E-state index in [0.29, 0.717) is 6.42 Å². The summed E-state index contributed by atoms with van der Waals surface area (Å²) in [5, 5.41) is 0. The molecule has 0 saturated heterocycles. The largest absolute Gasteiger partial charge is 0.286 e. The van der Waals surface area contributed by atoms with Crippen molar-refractivity contribution in [3.05, 3.63) is 0 Å². The zero-order valence-electron chi connectivity index (χ0n) is 7.91. The molecule has 0 radical (unpaired) electrons. The molecule has 4 heteroatoms. The number of hydrogen-bond donors (Lipinski definition) is 1. The second-order valence-corrected chi connectivity index (χ2v) is 5.50. The standard InChI is InChI=1S/C9H18O3S/c10-13(11,12)8-4-3-7-9-5-1-2-6-9/h9H,1-8H2,(H,10,11,12). The third-order valence-electron chi connectivity index (χ3n) is 2.74. The topological polar surface area (TPSA) is 54.4 Å². The highest BCUT2D eigenvalue weighted by atomic mass is 32.2. The van der Waals surface area contributed by atoms with Crippen LogP contribution in [0.3, 0.4) is 0 Å². The van der Waals surface area contributed by atoms with Crippen LogP contribution in [-0.4, -0.2) is 18.7 Å². The molecule has 78 valence electrons. The van der Waals surface area contributed by atoms with E-state index in [2.05, 4.69) is 0 Å². The fourth-order valence-corrected chi connectivity index (χ4v) is 2.59. The number of rotatable bonds is 5. The molecule has 0 aromatic carbocycles. The molecule has 1 aliphatic rings. The van der Waals surface area contributed by atoms with E-state index < -0.39 is 10.1 Å². The summed E-state index contributed by atoms with van der Waals surface area (Å²) < 4.78 is 29.2. The minimum atomic E-state index is -3.72. The molecule has 3 nitrogen and oxygen atoms in total. The van der Waals surface area contributed by atoms with Crippen LogP contribution in [0.5, 0.6) is 0 Å².